The van der Waals surface area contributed by atoms with E-state index in [-0.39, 0.29) is 18.2 Å². The van der Waals surface area contributed by atoms with Crippen molar-refractivity contribution in [2.24, 2.45) is 0 Å². The monoisotopic (exact) mass is 363 g/mol. The lowest BCUT2D eigenvalue weighted by Crippen LogP contribution is -2.41. The molecule has 3 aliphatic heterocycles. The Balaban J connectivity index is 1.33. The van der Waals surface area contributed by atoms with Gasteiger partial charge in [0.2, 0.25) is 5.88 Å². The van der Waals surface area contributed by atoms with Crippen LogP contribution in [0.1, 0.15) is 6.42 Å². The van der Waals surface area contributed by atoms with Crippen LogP contribution in [0.15, 0.2) is 12.4 Å². The van der Waals surface area contributed by atoms with Gasteiger partial charge in [-0.1, -0.05) is 0 Å². The normalized spacial score (nSPS) is 26.1. The fourth-order valence-electron chi connectivity index (χ4n) is 3.85. The van der Waals surface area contributed by atoms with Gasteiger partial charge in [0, 0.05) is 38.8 Å². The van der Waals surface area contributed by atoms with E-state index >= 15 is 0 Å². The van der Waals surface area contributed by atoms with Crippen LogP contribution in [0.5, 0.6) is 5.88 Å². The van der Waals surface area contributed by atoms with Gasteiger partial charge < -0.3 is 19.1 Å². The number of methoxy groups -OCH3 is 1. The molecule has 9 nitrogen and oxygen atoms in total. The van der Waals surface area contributed by atoms with E-state index in [2.05, 4.69) is 19.8 Å². The molecule has 9 heteroatoms. The first kappa shape index (κ1) is 17.3. The molecule has 4 heterocycles. The zero-order chi connectivity index (χ0) is 17.9. The van der Waals surface area contributed by atoms with Crippen LogP contribution in [-0.4, -0.2) is 97.6 Å². The topological polar surface area (TPSA) is 80.3 Å². The van der Waals surface area contributed by atoms with Crippen molar-refractivity contribution >= 4 is 11.9 Å². The fraction of sp³-hybridized carbons (Fsp3) is 0.706. The first-order chi connectivity index (χ1) is 12.7. The number of hydrogen-bond donors (Lipinski definition) is 0. The van der Waals surface area contributed by atoms with Gasteiger partial charge in [-0.25, -0.2) is 14.8 Å². The summed E-state index contributed by atoms with van der Waals surface area (Å²) >= 11 is 0. The number of carbonyl (C=O) groups is 1. The highest BCUT2D eigenvalue weighted by Crippen LogP contribution is 2.30. The number of amides is 1. The van der Waals surface area contributed by atoms with Crippen LogP contribution in [0.2, 0.25) is 0 Å². The maximum atomic E-state index is 12.2. The van der Waals surface area contributed by atoms with Crippen LogP contribution >= 0.6 is 0 Å². The number of hydrogen-bond acceptors (Lipinski definition) is 8. The Hall–Kier alpha value is -2.13. The van der Waals surface area contributed by atoms with Gasteiger partial charge in [0.1, 0.15) is 18.2 Å². The van der Waals surface area contributed by atoms with E-state index in [1.54, 1.807) is 7.11 Å². The molecule has 0 saturated carbocycles. The van der Waals surface area contributed by atoms with E-state index in [4.69, 9.17) is 14.2 Å². The maximum Gasteiger partial charge on any atom is 0.410 e. The average Bonchev–Trinajstić information content (AvgIpc) is 3.21. The lowest BCUT2D eigenvalue weighted by atomic mass is 10.2. The van der Waals surface area contributed by atoms with Crippen molar-refractivity contribution in [3.8, 4) is 5.88 Å². The number of carbonyl (C=O) groups excluding carboxylic acids is 1. The third-order valence-electron chi connectivity index (χ3n) is 5.26. The zero-order valence-corrected chi connectivity index (χ0v) is 15.0. The van der Waals surface area contributed by atoms with E-state index in [0.29, 0.717) is 19.0 Å². The second-order valence-electron chi connectivity index (χ2n) is 6.81. The number of nitrogens with zero attached hydrogens (tertiary/aromatic N) is 5. The molecule has 2 atom stereocenters. The molecule has 142 valence electrons. The smallest absolute Gasteiger partial charge is 0.410 e. The largest absolute Gasteiger partial charge is 0.481 e. The quantitative estimate of drug-likeness (QED) is 0.710. The number of fused-ring (bicyclic) bond motifs is 1. The van der Waals surface area contributed by atoms with Crippen molar-refractivity contribution in [3.63, 3.8) is 0 Å². The van der Waals surface area contributed by atoms with Crippen molar-refractivity contribution in [3.05, 3.63) is 12.4 Å². The predicted molar refractivity (Wildman–Crippen MR) is 93.4 cm³/mol. The molecular formula is C17H25N5O4. The molecule has 0 radical (unpaired) electrons. The fourth-order valence-corrected chi connectivity index (χ4v) is 3.85. The minimum absolute atomic E-state index is 0.0770. The van der Waals surface area contributed by atoms with E-state index in [1.807, 2.05) is 11.0 Å². The van der Waals surface area contributed by atoms with Crippen molar-refractivity contribution in [2.45, 2.75) is 18.6 Å². The molecule has 0 N–H and O–H groups in total. The molecule has 1 aromatic rings. The Morgan fingerprint density at radius 3 is 2.88 bits per heavy atom. The van der Waals surface area contributed by atoms with Crippen molar-refractivity contribution in [1.82, 2.24) is 19.8 Å². The predicted octanol–water partition coefficient (Wildman–Crippen LogP) is 0.217. The standard InChI is InChI=1S/C17H25N5O4/c1-24-16-9-15(18-12-19-16)21-10-13-14(11-21)26-17(23)22(13)4-2-3-20-5-7-25-8-6-20/h9,12-14H,2-8,10-11H2,1H3/t13-,14+/m0/s1. The lowest BCUT2D eigenvalue weighted by Gasteiger charge is -2.28. The molecule has 0 aromatic carbocycles. The SMILES string of the molecule is COc1cc(N2C[C@H]3OC(=O)N(CCCN4CCOCC4)[C@H]3C2)ncn1. The van der Waals surface area contributed by atoms with Gasteiger partial charge in [-0.15, -0.1) is 0 Å². The summed E-state index contributed by atoms with van der Waals surface area (Å²) in [4.78, 5) is 27.0. The Morgan fingerprint density at radius 2 is 2.08 bits per heavy atom. The molecule has 1 amide bonds. The summed E-state index contributed by atoms with van der Waals surface area (Å²) in [6, 6.07) is 1.89. The van der Waals surface area contributed by atoms with Gasteiger partial charge in [0.15, 0.2) is 0 Å². The molecule has 26 heavy (non-hydrogen) atoms. The second-order valence-corrected chi connectivity index (χ2v) is 6.81. The average molecular weight is 363 g/mol. The summed E-state index contributed by atoms with van der Waals surface area (Å²) < 4.78 is 16.1. The first-order valence-corrected chi connectivity index (χ1v) is 9.13. The number of rotatable bonds is 6. The summed E-state index contributed by atoms with van der Waals surface area (Å²) in [5.41, 5.74) is 0. The summed E-state index contributed by atoms with van der Waals surface area (Å²) in [6.07, 6.45) is 2.14. The summed E-state index contributed by atoms with van der Waals surface area (Å²) in [5.74, 6) is 1.34. The Kier molecular flexibility index (Phi) is 5.07. The molecule has 3 saturated heterocycles. The highest BCUT2D eigenvalue weighted by atomic mass is 16.6. The van der Waals surface area contributed by atoms with Gasteiger partial charge >= 0.3 is 6.09 Å². The van der Waals surface area contributed by atoms with E-state index in [0.717, 1.165) is 51.6 Å². The van der Waals surface area contributed by atoms with Crippen LogP contribution in [0.4, 0.5) is 10.6 Å². The van der Waals surface area contributed by atoms with Crippen molar-refractivity contribution in [1.29, 1.82) is 0 Å². The van der Waals surface area contributed by atoms with Crippen LogP contribution in [-0.2, 0) is 9.47 Å². The van der Waals surface area contributed by atoms with Gasteiger partial charge in [0.05, 0.1) is 32.9 Å². The van der Waals surface area contributed by atoms with Gasteiger partial charge in [0.25, 0.3) is 0 Å². The Labute approximate surface area is 152 Å². The minimum atomic E-state index is -0.193. The van der Waals surface area contributed by atoms with Crippen LogP contribution < -0.4 is 9.64 Å². The molecule has 3 fully saturated rings. The molecule has 4 rings (SSSR count). The maximum absolute atomic E-state index is 12.2. The number of anilines is 1. The molecule has 0 aliphatic carbocycles. The molecule has 3 aliphatic rings. The summed E-state index contributed by atoms with van der Waals surface area (Å²) in [6.45, 7) is 6.61. The third kappa shape index (κ3) is 3.54. The molecule has 0 unspecified atom stereocenters. The summed E-state index contributed by atoms with van der Waals surface area (Å²) in [7, 11) is 1.59. The van der Waals surface area contributed by atoms with Gasteiger partial charge in [-0.05, 0) is 6.42 Å². The molecule has 1 aromatic heterocycles. The number of ether oxygens (including phenoxy) is 3. The summed E-state index contributed by atoms with van der Waals surface area (Å²) in [5, 5.41) is 0. The molecule has 0 bridgehead atoms. The van der Waals surface area contributed by atoms with Crippen molar-refractivity contribution < 1.29 is 19.0 Å². The van der Waals surface area contributed by atoms with Crippen molar-refractivity contribution in [2.75, 3.05) is 64.5 Å². The second kappa shape index (κ2) is 7.63. The highest BCUT2D eigenvalue weighted by Gasteiger charge is 2.47. The van der Waals surface area contributed by atoms with Gasteiger partial charge in [-0.3, -0.25) is 9.80 Å². The number of morpholine rings is 1. The van der Waals surface area contributed by atoms with E-state index in [9.17, 15) is 4.79 Å². The highest BCUT2D eigenvalue weighted by molar-refractivity contribution is 5.71. The molecular weight excluding hydrogens is 338 g/mol. The lowest BCUT2D eigenvalue weighted by molar-refractivity contribution is 0.0363. The van der Waals surface area contributed by atoms with Crippen LogP contribution in [0.25, 0.3) is 0 Å². The Morgan fingerprint density at radius 1 is 1.23 bits per heavy atom. The zero-order valence-electron chi connectivity index (χ0n) is 15.0. The van der Waals surface area contributed by atoms with E-state index < -0.39 is 0 Å². The van der Waals surface area contributed by atoms with Crippen LogP contribution in [0.3, 0.4) is 0 Å². The Bertz CT molecular complexity index is 639. The third-order valence-corrected chi connectivity index (χ3v) is 5.26. The van der Waals surface area contributed by atoms with E-state index in [1.165, 1.54) is 6.33 Å². The van der Waals surface area contributed by atoms with Gasteiger partial charge in [-0.2, -0.15) is 0 Å². The minimum Gasteiger partial charge on any atom is -0.481 e. The molecule has 0 spiro atoms. The first-order valence-electron chi connectivity index (χ1n) is 9.13. The number of aromatic nitrogens is 2. The van der Waals surface area contributed by atoms with Crippen LogP contribution in [0, 0.1) is 0 Å².